The van der Waals surface area contributed by atoms with Crippen molar-refractivity contribution in [3.63, 3.8) is 0 Å². The fourth-order valence-corrected chi connectivity index (χ4v) is 5.19. The van der Waals surface area contributed by atoms with Gasteiger partial charge in [0.05, 0.1) is 18.0 Å². The summed E-state index contributed by atoms with van der Waals surface area (Å²) in [6, 6.07) is 11.4. The molecule has 0 saturated carbocycles. The van der Waals surface area contributed by atoms with Gasteiger partial charge in [0.2, 0.25) is 10.0 Å². The number of carboxylic acids is 1. The summed E-state index contributed by atoms with van der Waals surface area (Å²) >= 11 is 0. The zero-order valence-corrected chi connectivity index (χ0v) is 19.2. The maximum absolute atomic E-state index is 13.0. The molecule has 9 nitrogen and oxygen atoms in total. The highest BCUT2D eigenvalue weighted by Crippen LogP contribution is 2.25. The number of benzene rings is 2. The molecule has 1 heterocycles. The van der Waals surface area contributed by atoms with Gasteiger partial charge in [-0.3, -0.25) is 4.79 Å². The Balaban J connectivity index is 0.000000364. The van der Waals surface area contributed by atoms with E-state index in [9.17, 15) is 23.1 Å². The molecule has 0 fully saturated rings. The third kappa shape index (κ3) is 5.71. The van der Waals surface area contributed by atoms with Gasteiger partial charge in [-0.05, 0) is 48.2 Å². The summed E-state index contributed by atoms with van der Waals surface area (Å²) in [5.74, 6) is -0.860. The molecule has 2 aromatic carbocycles. The lowest BCUT2D eigenvalue weighted by molar-refractivity contribution is -0.142. The highest BCUT2D eigenvalue weighted by atomic mass is 32.2. The SMILES string of the molecule is CNC(=O)NC1CC=CCN(S(=O)(=O)c2ccc(OC)cc2)C1C(=O)O.c1cc2cc(c1)C2. The quantitative estimate of drug-likeness (QED) is 0.487. The lowest BCUT2D eigenvalue weighted by Crippen LogP contribution is -2.57. The van der Waals surface area contributed by atoms with E-state index in [-0.39, 0.29) is 17.9 Å². The molecular weight excluding hydrogens is 446 g/mol. The number of hydrogen-bond acceptors (Lipinski definition) is 5. The van der Waals surface area contributed by atoms with E-state index in [1.807, 2.05) is 0 Å². The molecule has 33 heavy (non-hydrogen) atoms. The number of aliphatic carboxylic acids is 1. The van der Waals surface area contributed by atoms with E-state index in [0.717, 1.165) is 4.31 Å². The Morgan fingerprint density at radius 1 is 1.09 bits per heavy atom. The number of nitrogens with zero attached hydrogens (tertiary/aromatic N) is 1. The van der Waals surface area contributed by atoms with Crippen molar-refractivity contribution in [3.05, 3.63) is 71.8 Å². The van der Waals surface area contributed by atoms with Gasteiger partial charge >= 0.3 is 12.0 Å². The van der Waals surface area contributed by atoms with Crippen molar-refractivity contribution in [2.24, 2.45) is 0 Å². The van der Waals surface area contributed by atoms with Crippen molar-refractivity contribution in [3.8, 4) is 5.75 Å². The smallest absolute Gasteiger partial charge is 0.324 e. The lowest BCUT2D eigenvalue weighted by Gasteiger charge is -2.31. The van der Waals surface area contributed by atoms with Crippen LogP contribution >= 0.6 is 0 Å². The van der Waals surface area contributed by atoms with Crippen molar-refractivity contribution in [1.29, 1.82) is 0 Å². The van der Waals surface area contributed by atoms with Crippen molar-refractivity contribution >= 4 is 22.0 Å². The number of ether oxygens (including phenoxy) is 1. The van der Waals surface area contributed by atoms with Gasteiger partial charge in [-0.2, -0.15) is 4.31 Å². The van der Waals surface area contributed by atoms with E-state index >= 15 is 0 Å². The van der Waals surface area contributed by atoms with Gasteiger partial charge in [-0.15, -0.1) is 0 Å². The van der Waals surface area contributed by atoms with E-state index < -0.39 is 34.1 Å². The summed E-state index contributed by atoms with van der Waals surface area (Å²) < 4.78 is 31.9. The molecule has 2 unspecified atom stereocenters. The van der Waals surface area contributed by atoms with Crippen LogP contribution in [0.15, 0.2) is 65.6 Å². The molecule has 3 N–H and O–H groups in total. The molecule has 2 aromatic rings. The number of nitrogens with one attached hydrogen (secondary N) is 2. The zero-order chi connectivity index (χ0) is 24.0. The predicted molar refractivity (Wildman–Crippen MR) is 123 cm³/mol. The van der Waals surface area contributed by atoms with E-state index in [0.29, 0.717) is 5.75 Å². The van der Waals surface area contributed by atoms with Crippen LogP contribution in [0.1, 0.15) is 17.5 Å². The number of hydrogen-bond donors (Lipinski definition) is 3. The first-order valence-corrected chi connectivity index (χ1v) is 11.8. The molecule has 0 spiro atoms. The van der Waals surface area contributed by atoms with Crippen molar-refractivity contribution < 1.29 is 27.9 Å². The van der Waals surface area contributed by atoms with Crippen LogP contribution in [0, 0.1) is 0 Å². The molecule has 2 amide bonds. The lowest BCUT2D eigenvalue weighted by atomic mass is 9.94. The van der Waals surface area contributed by atoms with Crippen LogP contribution in [0.5, 0.6) is 5.75 Å². The van der Waals surface area contributed by atoms with Crippen LogP contribution in [0.2, 0.25) is 0 Å². The highest BCUT2D eigenvalue weighted by Gasteiger charge is 2.41. The minimum atomic E-state index is -4.11. The van der Waals surface area contributed by atoms with Crippen LogP contribution in [-0.2, 0) is 21.2 Å². The number of carbonyl (C=O) groups excluding carboxylic acids is 1. The summed E-state index contributed by atoms with van der Waals surface area (Å²) in [6.07, 6.45) is 4.64. The average molecular weight is 474 g/mol. The van der Waals surface area contributed by atoms with Crippen LogP contribution in [-0.4, -0.2) is 62.6 Å². The Hall–Kier alpha value is -3.37. The number of methoxy groups -OCH3 is 1. The second kappa shape index (κ2) is 10.5. The number of rotatable bonds is 5. The summed E-state index contributed by atoms with van der Waals surface area (Å²) in [6.45, 7) is -0.114. The van der Waals surface area contributed by atoms with Crippen molar-refractivity contribution in [1.82, 2.24) is 14.9 Å². The van der Waals surface area contributed by atoms with Gasteiger partial charge in [0.1, 0.15) is 11.8 Å². The van der Waals surface area contributed by atoms with Crippen LogP contribution in [0.4, 0.5) is 4.79 Å². The summed E-state index contributed by atoms with van der Waals surface area (Å²) in [5.41, 5.74) is 2.97. The van der Waals surface area contributed by atoms with Gasteiger partial charge in [0.15, 0.2) is 0 Å². The normalized spacial score (nSPS) is 19.2. The van der Waals surface area contributed by atoms with E-state index in [1.165, 1.54) is 56.0 Å². The highest BCUT2D eigenvalue weighted by molar-refractivity contribution is 7.89. The number of carboxylic acid groups (broad SMARTS) is 1. The third-order valence-corrected chi connectivity index (χ3v) is 7.26. The zero-order valence-electron chi connectivity index (χ0n) is 18.4. The maximum atomic E-state index is 13.0. The molecule has 2 aliphatic carbocycles. The number of fused-ring (bicyclic) bond motifs is 2. The third-order valence-electron chi connectivity index (χ3n) is 5.40. The fourth-order valence-electron chi connectivity index (χ4n) is 3.62. The standard InChI is InChI=1S/C16H21N3O6S.C7H6/c1-17-16(22)18-13-5-3-4-10-19(14(13)15(20)21)26(23,24)12-8-6-11(25-2)7-9-12;1-2-6-4-7(3-1)5-6/h3-4,6-9,13-14H,5,10H2,1-2H3,(H,20,21)(H2,17,18,22);1-4H,5H2. The Bertz CT molecular complexity index is 1110. The van der Waals surface area contributed by atoms with E-state index in [1.54, 1.807) is 12.2 Å². The minimum Gasteiger partial charge on any atom is -0.497 e. The molecule has 0 radical (unpaired) electrons. The Morgan fingerprint density at radius 2 is 1.73 bits per heavy atom. The minimum absolute atomic E-state index is 0.0569. The molecule has 2 atom stereocenters. The van der Waals surface area contributed by atoms with E-state index in [2.05, 4.69) is 34.9 Å². The average Bonchev–Trinajstić information content (AvgIpc) is 3.02. The van der Waals surface area contributed by atoms with Crippen LogP contribution in [0.25, 0.3) is 0 Å². The topological polar surface area (TPSA) is 125 Å². The maximum Gasteiger partial charge on any atom is 0.324 e. The predicted octanol–water partition coefficient (Wildman–Crippen LogP) is 1.99. The molecule has 0 aromatic heterocycles. The first-order chi connectivity index (χ1) is 15.8. The van der Waals surface area contributed by atoms with Gasteiger partial charge in [-0.1, -0.05) is 36.4 Å². The first-order valence-electron chi connectivity index (χ1n) is 10.4. The van der Waals surface area contributed by atoms with Gasteiger partial charge in [0.25, 0.3) is 0 Å². The van der Waals surface area contributed by atoms with Gasteiger partial charge < -0.3 is 20.5 Å². The Kier molecular flexibility index (Phi) is 7.72. The monoisotopic (exact) mass is 473 g/mol. The molecule has 2 bridgehead atoms. The number of urea groups is 1. The summed E-state index contributed by atoms with van der Waals surface area (Å²) in [5, 5.41) is 14.5. The molecule has 0 saturated heterocycles. The summed E-state index contributed by atoms with van der Waals surface area (Å²) in [7, 11) is -1.26. The molecule has 3 aliphatic rings. The molecule has 10 heteroatoms. The second-order valence-corrected chi connectivity index (χ2v) is 9.46. The fraction of sp³-hybridized carbons (Fsp3) is 0.304. The van der Waals surface area contributed by atoms with E-state index in [4.69, 9.17) is 4.74 Å². The van der Waals surface area contributed by atoms with Crippen LogP contribution in [0.3, 0.4) is 0 Å². The Labute approximate surface area is 193 Å². The largest absolute Gasteiger partial charge is 0.497 e. The van der Waals surface area contributed by atoms with Crippen molar-refractivity contribution in [2.45, 2.75) is 29.8 Å². The Morgan fingerprint density at radius 3 is 2.18 bits per heavy atom. The number of carbonyl (C=O) groups is 2. The first kappa shape index (κ1) is 24.3. The molecule has 5 rings (SSSR count). The van der Waals surface area contributed by atoms with Crippen molar-refractivity contribution in [2.75, 3.05) is 20.7 Å². The van der Waals surface area contributed by atoms with Gasteiger partial charge in [0, 0.05) is 13.6 Å². The molecular formula is C23H27N3O6S. The molecule has 1 aliphatic heterocycles. The van der Waals surface area contributed by atoms with Crippen LogP contribution < -0.4 is 15.4 Å². The van der Waals surface area contributed by atoms with Gasteiger partial charge in [-0.25, -0.2) is 13.2 Å². The molecule has 176 valence electrons. The number of sulfonamides is 1. The second-order valence-electron chi connectivity index (χ2n) is 7.57. The summed E-state index contributed by atoms with van der Waals surface area (Å²) in [4.78, 5) is 23.4. The number of amides is 2.